The fraction of sp³-hybridized carbons (Fsp3) is 0.0816. The van der Waals surface area contributed by atoms with Crippen molar-refractivity contribution in [2.45, 2.75) is 19.1 Å². The third kappa shape index (κ3) is 4.45. The van der Waals surface area contributed by atoms with E-state index in [1.165, 1.54) is 16.7 Å². The van der Waals surface area contributed by atoms with Crippen LogP contribution in [0.4, 0.5) is 0 Å². The van der Waals surface area contributed by atoms with Crippen LogP contribution in [-0.4, -0.2) is 9.55 Å². The summed E-state index contributed by atoms with van der Waals surface area (Å²) in [5.41, 5.74) is 13.4. The van der Waals surface area contributed by atoms with Crippen LogP contribution in [0.1, 0.15) is 35.6 Å². The van der Waals surface area contributed by atoms with Crippen molar-refractivity contribution in [3.8, 4) is 39.7 Å². The molecule has 6 aromatic carbocycles. The molecule has 1 aliphatic heterocycles. The van der Waals surface area contributed by atoms with Crippen LogP contribution in [0, 0.1) is 5.92 Å². The van der Waals surface area contributed by atoms with Crippen molar-refractivity contribution < 1.29 is 9.47 Å². The SMILES string of the molecule is CC1CC=C(c2cc(-c3ccccc3)nc(-n3c4ccccc4c4c5c(ccc43)OC3(O5)c4ccccc4-c4ccccc43)c2)C=C1c1ccccc1. The molecule has 2 aromatic heterocycles. The molecule has 3 aliphatic rings. The number of hydrogen-bond acceptors (Lipinski definition) is 3. The Morgan fingerprint density at radius 2 is 1.28 bits per heavy atom. The zero-order valence-electron chi connectivity index (χ0n) is 29.2. The van der Waals surface area contributed by atoms with E-state index in [1.807, 2.05) is 0 Å². The first-order valence-corrected chi connectivity index (χ1v) is 18.4. The van der Waals surface area contributed by atoms with Crippen molar-refractivity contribution in [1.29, 1.82) is 0 Å². The van der Waals surface area contributed by atoms with Crippen molar-refractivity contribution in [2.75, 3.05) is 0 Å². The summed E-state index contributed by atoms with van der Waals surface area (Å²) in [6.45, 7) is 2.31. The van der Waals surface area contributed by atoms with Gasteiger partial charge in [-0.25, -0.2) is 4.98 Å². The number of fused-ring (bicyclic) bond motifs is 10. The van der Waals surface area contributed by atoms with E-state index >= 15 is 0 Å². The van der Waals surface area contributed by atoms with Gasteiger partial charge in [0, 0.05) is 22.1 Å². The van der Waals surface area contributed by atoms with E-state index in [9.17, 15) is 0 Å². The summed E-state index contributed by atoms with van der Waals surface area (Å²) in [5, 5.41) is 2.10. The second-order valence-corrected chi connectivity index (χ2v) is 14.3. The van der Waals surface area contributed by atoms with Crippen molar-refractivity contribution in [3.63, 3.8) is 0 Å². The van der Waals surface area contributed by atoms with Gasteiger partial charge in [0.2, 0.25) is 0 Å². The molecule has 0 bridgehead atoms. The predicted molar refractivity (Wildman–Crippen MR) is 214 cm³/mol. The second kappa shape index (κ2) is 11.4. The van der Waals surface area contributed by atoms with Gasteiger partial charge in [0.15, 0.2) is 11.5 Å². The maximum Gasteiger partial charge on any atom is 0.306 e. The summed E-state index contributed by atoms with van der Waals surface area (Å²) in [7, 11) is 0. The van der Waals surface area contributed by atoms with Crippen molar-refractivity contribution in [2.24, 2.45) is 5.92 Å². The van der Waals surface area contributed by atoms with Gasteiger partial charge in [-0.3, -0.25) is 4.57 Å². The summed E-state index contributed by atoms with van der Waals surface area (Å²) >= 11 is 0. The Morgan fingerprint density at radius 1 is 0.623 bits per heavy atom. The summed E-state index contributed by atoms with van der Waals surface area (Å²) in [4.78, 5) is 5.40. The fourth-order valence-corrected chi connectivity index (χ4v) is 8.69. The monoisotopic (exact) mass is 682 g/mol. The van der Waals surface area contributed by atoms with Crippen LogP contribution < -0.4 is 9.47 Å². The van der Waals surface area contributed by atoms with E-state index in [1.54, 1.807) is 0 Å². The number of pyridine rings is 1. The lowest BCUT2D eigenvalue weighted by Gasteiger charge is -2.25. The highest BCUT2D eigenvalue weighted by Gasteiger charge is 2.52. The summed E-state index contributed by atoms with van der Waals surface area (Å²) in [5.74, 6) is 1.71. The number of rotatable bonds is 4. The smallest absolute Gasteiger partial charge is 0.306 e. The Morgan fingerprint density at radius 3 is 2.04 bits per heavy atom. The molecule has 2 aliphatic carbocycles. The van der Waals surface area contributed by atoms with E-state index in [0.717, 1.165) is 84.6 Å². The number of allylic oxidation sites excluding steroid dienone is 4. The first kappa shape index (κ1) is 30.0. The first-order chi connectivity index (χ1) is 26.2. The maximum atomic E-state index is 7.18. The van der Waals surface area contributed by atoms with E-state index in [4.69, 9.17) is 14.5 Å². The lowest BCUT2D eigenvalue weighted by atomic mass is 9.84. The number of nitrogens with zero attached hydrogens (tertiary/aromatic N) is 2. The Labute approximate surface area is 307 Å². The quantitative estimate of drug-likeness (QED) is 0.185. The minimum absolute atomic E-state index is 0.430. The molecule has 252 valence electrons. The van der Waals surface area contributed by atoms with Gasteiger partial charge in [-0.15, -0.1) is 0 Å². The molecule has 0 fully saturated rings. The molecule has 0 saturated carbocycles. The van der Waals surface area contributed by atoms with Crippen LogP contribution in [-0.2, 0) is 5.79 Å². The minimum atomic E-state index is -1.06. The van der Waals surface area contributed by atoms with Gasteiger partial charge in [-0.05, 0) is 76.1 Å². The Hall–Kier alpha value is -6.65. The van der Waals surface area contributed by atoms with Crippen molar-refractivity contribution >= 4 is 33.0 Å². The van der Waals surface area contributed by atoms with E-state index in [2.05, 4.69) is 181 Å². The number of hydrogen-bond donors (Lipinski definition) is 0. The third-order valence-electron chi connectivity index (χ3n) is 11.2. The van der Waals surface area contributed by atoms with Crippen LogP contribution in [0.25, 0.3) is 61.2 Å². The number of ether oxygens (including phenoxy) is 2. The zero-order valence-corrected chi connectivity index (χ0v) is 29.2. The molecule has 0 amide bonds. The summed E-state index contributed by atoms with van der Waals surface area (Å²) < 4.78 is 16.4. The predicted octanol–water partition coefficient (Wildman–Crippen LogP) is 12.0. The molecular formula is C49H34N2O2. The molecule has 1 spiro atoms. The van der Waals surface area contributed by atoms with Gasteiger partial charge >= 0.3 is 5.79 Å². The van der Waals surface area contributed by atoms with Crippen molar-refractivity contribution in [3.05, 3.63) is 192 Å². The average Bonchev–Trinajstić information content (AvgIpc) is 3.87. The lowest BCUT2D eigenvalue weighted by Crippen LogP contribution is -2.34. The minimum Gasteiger partial charge on any atom is -0.440 e. The van der Waals surface area contributed by atoms with Crippen molar-refractivity contribution in [1.82, 2.24) is 9.55 Å². The highest BCUT2D eigenvalue weighted by molar-refractivity contribution is 6.13. The third-order valence-corrected chi connectivity index (χ3v) is 11.2. The Kier molecular flexibility index (Phi) is 6.47. The largest absolute Gasteiger partial charge is 0.440 e. The molecule has 0 N–H and O–H groups in total. The van der Waals surface area contributed by atoms with Gasteiger partial charge in [-0.2, -0.15) is 0 Å². The van der Waals surface area contributed by atoms with E-state index in [0.29, 0.717) is 5.92 Å². The van der Waals surface area contributed by atoms with E-state index in [-0.39, 0.29) is 0 Å². The van der Waals surface area contributed by atoms with Crippen LogP contribution in [0.2, 0.25) is 0 Å². The zero-order chi connectivity index (χ0) is 35.1. The normalized spacial score (nSPS) is 16.4. The van der Waals surface area contributed by atoms with E-state index < -0.39 is 5.79 Å². The topological polar surface area (TPSA) is 36.3 Å². The lowest BCUT2D eigenvalue weighted by molar-refractivity contribution is -0.0411. The standard InChI is InChI=1S/C49H34N2O2/c1-31-24-25-34(28-39(31)32-14-4-2-5-15-32)35-29-42(33-16-6-3-7-17-33)50-46(30-35)51-43-23-13-10-20-38(43)47-44(51)26-27-45-48(47)53-49(52-45)40-21-11-8-18-36(40)37-19-9-12-22-41(37)49/h2-23,25-31H,24H2,1H3. The maximum absolute atomic E-state index is 7.18. The molecule has 1 unspecified atom stereocenters. The Balaban J connectivity index is 1.12. The molecule has 4 heteroatoms. The van der Waals surface area contributed by atoms with Gasteiger partial charge in [-0.1, -0.05) is 146 Å². The highest BCUT2D eigenvalue weighted by atomic mass is 16.7. The van der Waals surface area contributed by atoms with Crippen LogP contribution >= 0.6 is 0 Å². The van der Waals surface area contributed by atoms with Crippen LogP contribution in [0.3, 0.4) is 0 Å². The number of aromatic nitrogens is 2. The van der Waals surface area contributed by atoms with Crippen LogP contribution in [0.5, 0.6) is 11.5 Å². The number of para-hydroxylation sites is 1. The molecule has 0 radical (unpaired) electrons. The summed E-state index contributed by atoms with van der Waals surface area (Å²) in [6.07, 6.45) is 5.73. The van der Waals surface area contributed by atoms with Gasteiger partial charge in [0.05, 0.1) is 22.1 Å². The average molecular weight is 683 g/mol. The Bertz CT molecular complexity index is 2780. The molecule has 8 aromatic rings. The molecule has 3 heterocycles. The van der Waals surface area contributed by atoms with Gasteiger partial charge < -0.3 is 9.47 Å². The molecule has 0 saturated heterocycles. The molecule has 53 heavy (non-hydrogen) atoms. The first-order valence-electron chi connectivity index (χ1n) is 18.4. The van der Waals surface area contributed by atoms with Gasteiger partial charge in [0.1, 0.15) is 5.82 Å². The second-order valence-electron chi connectivity index (χ2n) is 14.3. The molecular weight excluding hydrogens is 649 g/mol. The highest BCUT2D eigenvalue weighted by Crippen LogP contribution is 2.58. The molecule has 11 rings (SSSR count). The number of benzene rings is 6. The van der Waals surface area contributed by atoms with Gasteiger partial charge in [0.25, 0.3) is 0 Å². The molecule has 1 atom stereocenters. The van der Waals surface area contributed by atoms with Crippen LogP contribution in [0.15, 0.2) is 170 Å². The molecule has 4 nitrogen and oxygen atoms in total. The fourth-order valence-electron chi connectivity index (χ4n) is 8.69. The summed E-state index contributed by atoms with van der Waals surface area (Å²) in [6, 6.07) is 55.4.